The predicted molar refractivity (Wildman–Crippen MR) is 105 cm³/mol. The van der Waals surface area contributed by atoms with Gasteiger partial charge in [0.05, 0.1) is 6.42 Å². The maximum atomic E-state index is 12.2. The minimum atomic E-state index is -0.936. The zero-order chi connectivity index (χ0) is 19.8. The average molecular weight is 367 g/mol. The highest BCUT2D eigenvalue weighted by Crippen LogP contribution is 2.17. The minimum absolute atomic E-state index is 0.0495. The van der Waals surface area contributed by atoms with Gasteiger partial charge in [0.15, 0.2) is 11.9 Å². The number of anilines is 1. The zero-order valence-corrected chi connectivity index (χ0v) is 15.9. The standard InChI is InChI=1S/C22H25NO4/c1-15(2)17-9-11-19(12-10-17)23-22(26)16(3)27-21(25)14-13-20(24)18-7-5-4-6-8-18/h4-12,15-16H,13-14H2,1-3H3,(H,23,26). The monoisotopic (exact) mass is 367 g/mol. The first-order chi connectivity index (χ1) is 12.9. The third-order valence-electron chi connectivity index (χ3n) is 4.17. The zero-order valence-electron chi connectivity index (χ0n) is 15.9. The first kappa shape index (κ1) is 20.4. The van der Waals surface area contributed by atoms with E-state index in [0.29, 0.717) is 17.2 Å². The summed E-state index contributed by atoms with van der Waals surface area (Å²) in [5.74, 6) is -0.699. The first-order valence-electron chi connectivity index (χ1n) is 9.05. The molecule has 2 rings (SSSR count). The van der Waals surface area contributed by atoms with Gasteiger partial charge >= 0.3 is 5.97 Å². The van der Waals surface area contributed by atoms with Crippen LogP contribution in [0, 0.1) is 0 Å². The molecule has 0 saturated carbocycles. The van der Waals surface area contributed by atoms with Gasteiger partial charge in [-0.3, -0.25) is 14.4 Å². The molecular weight excluding hydrogens is 342 g/mol. The highest BCUT2D eigenvalue weighted by Gasteiger charge is 2.19. The van der Waals surface area contributed by atoms with E-state index in [1.807, 2.05) is 30.3 Å². The summed E-state index contributed by atoms with van der Waals surface area (Å²) in [6, 6.07) is 16.3. The van der Waals surface area contributed by atoms with Gasteiger partial charge in [0.1, 0.15) is 0 Å². The fourth-order valence-corrected chi connectivity index (χ4v) is 2.49. The average Bonchev–Trinajstić information content (AvgIpc) is 2.67. The van der Waals surface area contributed by atoms with E-state index >= 15 is 0 Å². The number of nitrogens with one attached hydrogen (secondary N) is 1. The number of Topliss-reactive ketones (excluding diaryl/α,β-unsaturated/α-hetero) is 1. The summed E-state index contributed by atoms with van der Waals surface area (Å²) < 4.78 is 5.13. The molecule has 0 aliphatic rings. The van der Waals surface area contributed by atoms with Gasteiger partial charge < -0.3 is 10.1 Å². The molecule has 2 aromatic carbocycles. The second-order valence-electron chi connectivity index (χ2n) is 6.69. The van der Waals surface area contributed by atoms with Gasteiger partial charge in [-0.25, -0.2) is 0 Å². The molecule has 1 unspecified atom stereocenters. The number of esters is 1. The van der Waals surface area contributed by atoms with Crippen LogP contribution in [0.15, 0.2) is 54.6 Å². The topological polar surface area (TPSA) is 72.5 Å². The number of hydrogen-bond acceptors (Lipinski definition) is 4. The van der Waals surface area contributed by atoms with Crippen molar-refractivity contribution < 1.29 is 19.1 Å². The smallest absolute Gasteiger partial charge is 0.307 e. The molecule has 0 aliphatic heterocycles. The second-order valence-corrected chi connectivity index (χ2v) is 6.69. The van der Waals surface area contributed by atoms with Crippen molar-refractivity contribution in [2.75, 3.05) is 5.32 Å². The normalized spacial score (nSPS) is 11.7. The lowest BCUT2D eigenvalue weighted by atomic mass is 10.0. The summed E-state index contributed by atoms with van der Waals surface area (Å²) >= 11 is 0. The Balaban J connectivity index is 1.79. The highest BCUT2D eigenvalue weighted by molar-refractivity contribution is 5.98. The van der Waals surface area contributed by atoms with E-state index in [-0.39, 0.29) is 18.6 Å². The molecule has 1 amide bonds. The van der Waals surface area contributed by atoms with Crippen LogP contribution < -0.4 is 5.32 Å². The largest absolute Gasteiger partial charge is 0.453 e. The summed E-state index contributed by atoms with van der Waals surface area (Å²) in [6.07, 6.45) is -0.948. The van der Waals surface area contributed by atoms with Crippen molar-refractivity contribution in [3.63, 3.8) is 0 Å². The van der Waals surface area contributed by atoms with E-state index < -0.39 is 18.0 Å². The summed E-state index contributed by atoms with van der Waals surface area (Å²) in [4.78, 5) is 36.1. The molecule has 0 spiro atoms. The molecule has 5 heteroatoms. The third kappa shape index (κ3) is 6.37. The maximum absolute atomic E-state index is 12.2. The van der Waals surface area contributed by atoms with Gasteiger partial charge in [0.2, 0.25) is 0 Å². The van der Waals surface area contributed by atoms with Gasteiger partial charge in [0.25, 0.3) is 5.91 Å². The van der Waals surface area contributed by atoms with Crippen LogP contribution in [0.5, 0.6) is 0 Å². The molecule has 0 aromatic heterocycles. The highest BCUT2D eigenvalue weighted by atomic mass is 16.5. The van der Waals surface area contributed by atoms with Crippen LogP contribution in [-0.2, 0) is 14.3 Å². The van der Waals surface area contributed by atoms with Crippen LogP contribution in [-0.4, -0.2) is 23.8 Å². The molecule has 0 saturated heterocycles. The minimum Gasteiger partial charge on any atom is -0.453 e. The molecule has 27 heavy (non-hydrogen) atoms. The number of carbonyl (C=O) groups is 3. The lowest BCUT2D eigenvalue weighted by Crippen LogP contribution is -2.30. The lowest BCUT2D eigenvalue weighted by Gasteiger charge is -2.14. The van der Waals surface area contributed by atoms with Crippen molar-refractivity contribution in [3.8, 4) is 0 Å². The van der Waals surface area contributed by atoms with Crippen LogP contribution in [0.3, 0.4) is 0 Å². The second kappa shape index (κ2) is 9.67. The van der Waals surface area contributed by atoms with E-state index in [1.165, 1.54) is 12.5 Å². The van der Waals surface area contributed by atoms with Crippen LogP contribution in [0.1, 0.15) is 55.5 Å². The summed E-state index contributed by atoms with van der Waals surface area (Å²) in [7, 11) is 0. The van der Waals surface area contributed by atoms with Gasteiger partial charge in [0, 0.05) is 17.7 Å². The summed E-state index contributed by atoms with van der Waals surface area (Å²) in [5, 5.41) is 2.72. The summed E-state index contributed by atoms with van der Waals surface area (Å²) in [5.41, 5.74) is 2.38. The van der Waals surface area contributed by atoms with E-state index in [9.17, 15) is 14.4 Å². The number of hydrogen-bond donors (Lipinski definition) is 1. The van der Waals surface area contributed by atoms with Gasteiger partial charge in [-0.2, -0.15) is 0 Å². The SMILES string of the molecule is CC(OC(=O)CCC(=O)c1ccccc1)C(=O)Nc1ccc(C(C)C)cc1. The van der Waals surface area contributed by atoms with E-state index in [4.69, 9.17) is 4.74 Å². The molecule has 0 bridgehead atoms. The van der Waals surface area contributed by atoms with Crippen molar-refractivity contribution in [1.82, 2.24) is 0 Å². The molecule has 0 aliphatic carbocycles. The van der Waals surface area contributed by atoms with Crippen LogP contribution in [0.25, 0.3) is 0 Å². The van der Waals surface area contributed by atoms with Gasteiger partial charge in [-0.05, 0) is 30.5 Å². The maximum Gasteiger partial charge on any atom is 0.307 e. The Morgan fingerprint density at radius 1 is 0.889 bits per heavy atom. The van der Waals surface area contributed by atoms with Crippen molar-refractivity contribution >= 4 is 23.3 Å². The number of ether oxygens (including phenoxy) is 1. The molecule has 0 radical (unpaired) electrons. The fourth-order valence-electron chi connectivity index (χ4n) is 2.49. The molecule has 142 valence electrons. The van der Waals surface area contributed by atoms with E-state index in [0.717, 1.165) is 0 Å². The lowest BCUT2D eigenvalue weighted by molar-refractivity contribution is -0.153. The third-order valence-corrected chi connectivity index (χ3v) is 4.17. The quantitative estimate of drug-likeness (QED) is 0.556. The number of ketones is 1. The van der Waals surface area contributed by atoms with Crippen molar-refractivity contribution in [2.24, 2.45) is 0 Å². The fraction of sp³-hybridized carbons (Fsp3) is 0.318. The molecule has 0 fully saturated rings. The Labute approximate surface area is 159 Å². The number of carbonyl (C=O) groups excluding carboxylic acids is 3. The van der Waals surface area contributed by atoms with Crippen molar-refractivity contribution in [3.05, 3.63) is 65.7 Å². The Morgan fingerprint density at radius 3 is 2.11 bits per heavy atom. The first-order valence-corrected chi connectivity index (χ1v) is 9.05. The van der Waals surface area contributed by atoms with Gasteiger partial charge in [-0.15, -0.1) is 0 Å². The molecule has 5 nitrogen and oxygen atoms in total. The Morgan fingerprint density at radius 2 is 1.52 bits per heavy atom. The van der Waals surface area contributed by atoms with Crippen molar-refractivity contribution in [1.29, 1.82) is 0 Å². The molecular formula is C22H25NO4. The molecule has 2 aromatic rings. The van der Waals surface area contributed by atoms with Crippen molar-refractivity contribution in [2.45, 2.75) is 45.6 Å². The van der Waals surface area contributed by atoms with E-state index in [1.54, 1.807) is 24.3 Å². The molecule has 1 N–H and O–H groups in total. The van der Waals surface area contributed by atoms with Gasteiger partial charge in [-0.1, -0.05) is 56.3 Å². The van der Waals surface area contributed by atoms with E-state index in [2.05, 4.69) is 19.2 Å². The van der Waals surface area contributed by atoms with Crippen LogP contribution in [0.4, 0.5) is 5.69 Å². The molecule has 1 atom stereocenters. The number of benzene rings is 2. The Bertz CT molecular complexity index is 782. The predicted octanol–water partition coefficient (Wildman–Crippen LogP) is 4.34. The van der Waals surface area contributed by atoms with Crippen LogP contribution in [0.2, 0.25) is 0 Å². The number of amides is 1. The molecule has 0 heterocycles. The summed E-state index contributed by atoms with van der Waals surface area (Å²) in [6.45, 7) is 5.70. The number of rotatable bonds is 8. The Kier molecular flexibility index (Phi) is 7.29. The van der Waals surface area contributed by atoms with Crippen LogP contribution >= 0.6 is 0 Å². The Hall–Kier alpha value is -2.95.